The largest absolute Gasteiger partial charge is 0.380 e. The minimum atomic E-state index is -1.09. The van der Waals surface area contributed by atoms with Crippen molar-refractivity contribution >= 4 is 57.1 Å². The maximum Gasteiger partial charge on any atom is 0.248 e. The molecule has 3 heterocycles. The number of rotatable bonds is 8. The van der Waals surface area contributed by atoms with Crippen molar-refractivity contribution in [3.05, 3.63) is 99.6 Å². The van der Waals surface area contributed by atoms with Crippen molar-refractivity contribution < 1.29 is 23.1 Å². The number of fused-ring (bicyclic) bond motifs is 2. The Balaban J connectivity index is 1.65. The van der Waals surface area contributed by atoms with Crippen molar-refractivity contribution in [2.24, 2.45) is 7.05 Å². The zero-order chi connectivity index (χ0) is 30.3. The highest BCUT2D eigenvalue weighted by atomic mass is 35.5. The average molecular weight is 611 g/mol. The van der Waals surface area contributed by atoms with Crippen LogP contribution in [0.15, 0.2) is 54.7 Å². The summed E-state index contributed by atoms with van der Waals surface area (Å²) in [6, 6.07) is 9.11. The van der Waals surface area contributed by atoms with Crippen LogP contribution in [-0.4, -0.2) is 38.6 Å². The molecule has 5 aromatic rings. The Hall–Kier alpha value is -4.05. The Bertz CT molecular complexity index is 1900. The predicted octanol–water partition coefficient (Wildman–Crippen LogP) is 7.15. The number of alkyl halides is 1. The number of aryl methyl sites for hydroxylation is 3. The molecule has 0 fully saturated rings. The molecule has 0 saturated carbocycles. The van der Waals surface area contributed by atoms with Gasteiger partial charge in [0.1, 0.15) is 28.7 Å². The molecular weight excluding hydrogens is 585 g/mol. The molecule has 42 heavy (non-hydrogen) atoms. The summed E-state index contributed by atoms with van der Waals surface area (Å²) in [5.74, 6) is -2.69. The van der Waals surface area contributed by atoms with Crippen LogP contribution in [0.4, 0.5) is 14.5 Å². The molecule has 5 rings (SSSR count). The molecule has 0 radical (unpaired) electrons. The number of amides is 1. The van der Waals surface area contributed by atoms with E-state index in [0.29, 0.717) is 21.6 Å². The number of hydrogen-bond acceptors (Lipinski definition) is 4. The van der Waals surface area contributed by atoms with Gasteiger partial charge >= 0.3 is 0 Å². The van der Waals surface area contributed by atoms with Crippen LogP contribution in [0.2, 0.25) is 5.02 Å². The minimum absolute atomic E-state index is 0.0626. The fraction of sp³-hybridized carbons (Fsp3) is 0.194. The lowest BCUT2D eigenvalue weighted by Gasteiger charge is -2.14. The van der Waals surface area contributed by atoms with Crippen molar-refractivity contribution in [1.82, 2.24) is 14.0 Å². The van der Waals surface area contributed by atoms with E-state index < -0.39 is 29.0 Å². The number of carbonyl (C=O) groups is 2. The molecule has 0 spiro atoms. The van der Waals surface area contributed by atoms with Crippen LogP contribution in [0.3, 0.4) is 0 Å². The van der Waals surface area contributed by atoms with Gasteiger partial charge in [-0.25, -0.2) is 13.8 Å². The van der Waals surface area contributed by atoms with E-state index in [1.165, 1.54) is 13.2 Å². The number of nitrogens with one attached hydrogen (secondary N) is 1. The number of methoxy groups -OCH3 is 1. The van der Waals surface area contributed by atoms with E-state index in [1.807, 2.05) is 37.6 Å². The predicted molar refractivity (Wildman–Crippen MR) is 161 cm³/mol. The van der Waals surface area contributed by atoms with E-state index in [4.69, 9.17) is 27.9 Å². The molecule has 0 bridgehead atoms. The molecule has 0 aliphatic heterocycles. The number of ketones is 1. The van der Waals surface area contributed by atoms with Gasteiger partial charge in [0.05, 0.1) is 28.4 Å². The second kappa shape index (κ2) is 11.7. The number of halogens is 4. The Morgan fingerprint density at radius 1 is 1.14 bits per heavy atom. The molecule has 11 heteroatoms. The summed E-state index contributed by atoms with van der Waals surface area (Å²) in [6.45, 7) is 4.02. The number of pyridine rings is 1. The normalized spacial score (nSPS) is 11.7. The number of ether oxygens (including phenoxy) is 1. The Morgan fingerprint density at radius 3 is 2.52 bits per heavy atom. The lowest BCUT2D eigenvalue weighted by molar-refractivity contribution is -0.112. The molecule has 0 aliphatic rings. The van der Waals surface area contributed by atoms with E-state index in [0.717, 1.165) is 46.2 Å². The third kappa shape index (κ3) is 5.08. The van der Waals surface area contributed by atoms with Gasteiger partial charge in [0.25, 0.3) is 0 Å². The first kappa shape index (κ1) is 29.4. The molecule has 0 unspecified atom stereocenters. The van der Waals surface area contributed by atoms with Crippen LogP contribution in [0.1, 0.15) is 33.0 Å². The molecule has 0 atom stereocenters. The molecule has 1 amide bonds. The summed E-state index contributed by atoms with van der Waals surface area (Å²) in [4.78, 5) is 30.3. The number of carbonyl (C=O) groups excluding carboxylic acids is 2. The molecule has 1 N–H and O–H groups in total. The zero-order valence-electron chi connectivity index (χ0n) is 23.2. The van der Waals surface area contributed by atoms with Crippen molar-refractivity contribution in [1.29, 1.82) is 0 Å². The molecule has 0 saturated heterocycles. The third-order valence-corrected chi connectivity index (χ3v) is 7.67. The van der Waals surface area contributed by atoms with Gasteiger partial charge < -0.3 is 19.0 Å². The average Bonchev–Trinajstić information content (AvgIpc) is 3.46. The first-order valence-corrected chi connectivity index (χ1v) is 13.8. The van der Waals surface area contributed by atoms with Crippen molar-refractivity contribution in [2.45, 2.75) is 20.5 Å². The summed E-state index contributed by atoms with van der Waals surface area (Å²) in [7, 11) is 3.46. The van der Waals surface area contributed by atoms with Gasteiger partial charge in [0.2, 0.25) is 11.7 Å². The van der Waals surface area contributed by atoms with Gasteiger partial charge in [-0.05, 0) is 49.7 Å². The lowest BCUT2D eigenvalue weighted by Crippen LogP contribution is -2.13. The molecule has 2 aromatic carbocycles. The van der Waals surface area contributed by atoms with E-state index in [-0.39, 0.29) is 23.7 Å². The van der Waals surface area contributed by atoms with E-state index in [9.17, 15) is 18.4 Å². The standard InChI is InChI=1S/C31H26Cl2F2N4O3/c1-16-11-23-29(36-17(2)38(23)3)27(33)26(16)20-7-6-10-39-24(14-19(15-42-4)30(20)39)31(41)18-12-21(34)28(22(35)13-18)37-25(40)8-5-9-32/h5-8,10-14H,9,15H2,1-4H3,(H,37,40)/b8-5+. The van der Waals surface area contributed by atoms with Crippen molar-refractivity contribution in [2.75, 3.05) is 18.3 Å². The van der Waals surface area contributed by atoms with Crippen LogP contribution in [0.5, 0.6) is 0 Å². The highest BCUT2D eigenvalue weighted by Crippen LogP contribution is 2.40. The molecule has 0 aliphatic carbocycles. The quantitative estimate of drug-likeness (QED) is 0.115. The van der Waals surface area contributed by atoms with E-state index in [2.05, 4.69) is 10.3 Å². The maximum absolute atomic E-state index is 14.9. The van der Waals surface area contributed by atoms with Gasteiger partial charge in [0.15, 0.2) is 0 Å². The van der Waals surface area contributed by atoms with Crippen molar-refractivity contribution in [3.63, 3.8) is 0 Å². The summed E-state index contributed by atoms with van der Waals surface area (Å²) < 4.78 is 38.9. The fourth-order valence-corrected chi connectivity index (χ4v) is 5.60. The zero-order valence-corrected chi connectivity index (χ0v) is 24.7. The Labute approximate surface area is 250 Å². The van der Waals surface area contributed by atoms with E-state index in [1.54, 1.807) is 22.7 Å². The second-order valence-electron chi connectivity index (χ2n) is 9.79. The number of allylic oxidation sites excluding steroid dienone is 1. The molecule has 3 aromatic heterocycles. The van der Waals surface area contributed by atoms with Gasteiger partial charge in [0, 0.05) is 54.6 Å². The molecule has 216 valence electrons. The summed E-state index contributed by atoms with van der Waals surface area (Å²) in [5, 5.41) is 2.61. The van der Waals surface area contributed by atoms with Crippen LogP contribution < -0.4 is 5.32 Å². The van der Waals surface area contributed by atoms with Gasteiger partial charge in [-0.3, -0.25) is 9.59 Å². The first-order chi connectivity index (χ1) is 20.1. The minimum Gasteiger partial charge on any atom is -0.380 e. The summed E-state index contributed by atoms with van der Waals surface area (Å²) in [6.07, 6.45) is 4.09. The summed E-state index contributed by atoms with van der Waals surface area (Å²) >= 11 is 12.5. The third-order valence-electron chi connectivity index (χ3n) is 7.12. The summed E-state index contributed by atoms with van der Waals surface area (Å²) in [5.41, 5.74) is 4.58. The monoisotopic (exact) mass is 610 g/mol. The first-order valence-electron chi connectivity index (χ1n) is 12.9. The SMILES string of the molecule is COCc1cc(C(=O)c2cc(F)c(NC(=O)/C=C/CCl)c(F)c2)n2cccc(-c3c(C)cc4c(nc(C)n4C)c3Cl)c12. The highest BCUT2D eigenvalue weighted by molar-refractivity contribution is 6.38. The second-order valence-corrected chi connectivity index (χ2v) is 10.5. The van der Waals surface area contributed by atoms with Gasteiger partial charge in [-0.1, -0.05) is 23.7 Å². The number of benzene rings is 2. The van der Waals surface area contributed by atoms with Crippen LogP contribution >= 0.6 is 23.2 Å². The number of anilines is 1. The number of hydrogen-bond donors (Lipinski definition) is 1. The van der Waals surface area contributed by atoms with Gasteiger partial charge in [-0.15, -0.1) is 11.6 Å². The fourth-order valence-electron chi connectivity index (χ4n) is 5.12. The maximum atomic E-state index is 14.9. The number of aromatic nitrogens is 3. The number of nitrogens with zero attached hydrogens (tertiary/aromatic N) is 3. The topological polar surface area (TPSA) is 77.6 Å². The highest BCUT2D eigenvalue weighted by Gasteiger charge is 2.24. The number of imidazole rings is 1. The molecule has 7 nitrogen and oxygen atoms in total. The molecular formula is C31H26Cl2F2N4O3. The van der Waals surface area contributed by atoms with E-state index >= 15 is 0 Å². The van der Waals surface area contributed by atoms with Crippen LogP contribution in [-0.2, 0) is 23.2 Å². The Kier molecular flexibility index (Phi) is 8.19. The smallest absolute Gasteiger partial charge is 0.248 e. The van der Waals surface area contributed by atoms with Crippen LogP contribution in [0, 0.1) is 25.5 Å². The van der Waals surface area contributed by atoms with Crippen LogP contribution in [0.25, 0.3) is 27.7 Å². The Morgan fingerprint density at radius 2 is 1.86 bits per heavy atom. The van der Waals surface area contributed by atoms with Gasteiger partial charge in [-0.2, -0.15) is 0 Å². The van der Waals surface area contributed by atoms with Crippen molar-refractivity contribution in [3.8, 4) is 11.1 Å². The lowest BCUT2D eigenvalue weighted by atomic mass is 9.98.